The van der Waals surface area contributed by atoms with Gasteiger partial charge in [-0.15, -0.1) is 0 Å². The average molecular weight is 239 g/mol. The lowest BCUT2D eigenvalue weighted by atomic mass is 10.2. The van der Waals surface area contributed by atoms with Crippen molar-refractivity contribution in [3.63, 3.8) is 0 Å². The third-order valence-electron chi connectivity index (χ3n) is 2.58. The van der Waals surface area contributed by atoms with Crippen molar-refractivity contribution in [3.05, 3.63) is 23.5 Å². The summed E-state index contributed by atoms with van der Waals surface area (Å²) in [6.07, 6.45) is 0.806. The van der Waals surface area contributed by atoms with Crippen LogP contribution >= 0.6 is 0 Å². The lowest BCUT2D eigenvalue weighted by Crippen LogP contribution is -2.16. The number of esters is 1. The third kappa shape index (κ3) is 3.60. The van der Waals surface area contributed by atoms with Crippen molar-refractivity contribution in [3.8, 4) is 0 Å². The van der Waals surface area contributed by atoms with Gasteiger partial charge in [-0.1, -0.05) is 13.8 Å². The van der Waals surface area contributed by atoms with Gasteiger partial charge in [0.2, 0.25) is 0 Å². The van der Waals surface area contributed by atoms with Crippen molar-refractivity contribution in [1.82, 2.24) is 4.57 Å². The van der Waals surface area contributed by atoms with Crippen LogP contribution in [0.25, 0.3) is 0 Å². The number of ether oxygens (including phenoxy) is 2. The lowest BCUT2D eigenvalue weighted by molar-refractivity contribution is 0.0587. The number of nitrogens with zero attached hydrogens (tertiary/aromatic N) is 1. The van der Waals surface area contributed by atoms with Gasteiger partial charge in [0.05, 0.1) is 13.7 Å². The van der Waals surface area contributed by atoms with E-state index in [9.17, 15) is 4.79 Å². The van der Waals surface area contributed by atoms with E-state index in [-0.39, 0.29) is 5.97 Å². The molecule has 1 heterocycles. The van der Waals surface area contributed by atoms with Crippen molar-refractivity contribution >= 4 is 5.97 Å². The monoisotopic (exact) mass is 239 g/mol. The van der Waals surface area contributed by atoms with Gasteiger partial charge in [0, 0.05) is 25.8 Å². The fourth-order valence-electron chi connectivity index (χ4n) is 1.80. The largest absolute Gasteiger partial charge is 0.464 e. The van der Waals surface area contributed by atoms with Crippen LogP contribution in [0.4, 0.5) is 0 Å². The highest BCUT2D eigenvalue weighted by atomic mass is 16.5. The summed E-state index contributed by atoms with van der Waals surface area (Å²) >= 11 is 0. The van der Waals surface area contributed by atoms with Gasteiger partial charge in [-0.25, -0.2) is 4.79 Å². The maximum Gasteiger partial charge on any atom is 0.354 e. The zero-order valence-corrected chi connectivity index (χ0v) is 11.0. The Labute approximate surface area is 103 Å². The fourth-order valence-corrected chi connectivity index (χ4v) is 1.80. The van der Waals surface area contributed by atoms with Gasteiger partial charge in [0.1, 0.15) is 5.69 Å². The van der Waals surface area contributed by atoms with E-state index in [4.69, 9.17) is 9.47 Å². The number of carbonyl (C=O) groups excluding carboxylic acids is 1. The van der Waals surface area contributed by atoms with Gasteiger partial charge in [-0.2, -0.15) is 0 Å². The Hall–Kier alpha value is -1.29. The molecule has 0 unspecified atom stereocenters. The summed E-state index contributed by atoms with van der Waals surface area (Å²) < 4.78 is 11.9. The van der Waals surface area contributed by atoms with E-state index in [1.54, 1.807) is 7.11 Å². The molecule has 0 saturated carbocycles. The summed E-state index contributed by atoms with van der Waals surface area (Å²) in [5.41, 5.74) is 1.73. The van der Waals surface area contributed by atoms with E-state index in [0.717, 1.165) is 18.7 Å². The second-order valence-electron chi connectivity index (χ2n) is 4.45. The Balaban J connectivity index is 2.97. The van der Waals surface area contributed by atoms with Crippen molar-refractivity contribution in [1.29, 1.82) is 0 Å². The molecule has 0 aliphatic carbocycles. The predicted octanol–water partition coefficient (Wildman–Crippen LogP) is 2.12. The second-order valence-corrected chi connectivity index (χ2v) is 4.45. The molecule has 4 heteroatoms. The molecule has 0 radical (unpaired) electrons. The van der Waals surface area contributed by atoms with Crippen LogP contribution in [0.5, 0.6) is 0 Å². The lowest BCUT2D eigenvalue weighted by Gasteiger charge is -2.14. The van der Waals surface area contributed by atoms with Crippen LogP contribution in [0.15, 0.2) is 12.1 Å². The summed E-state index contributed by atoms with van der Waals surface area (Å²) in [5, 5.41) is 0. The Morgan fingerprint density at radius 3 is 2.59 bits per heavy atom. The highest BCUT2D eigenvalue weighted by molar-refractivity contribution is 5.87. The highest BCUT2D eigenvalue weighted by Gasteiger charge is 2.15. The molecule has 96 valence electrons. The normalized spacial score (nSPS) is 10.9. The van der Waals surface area contributed by atoms with Crippen molar-refractivity contribution in [2.45, 2.75) is 26.8 Å². The zero-order valence-electron chi connectivity index (χ0n) is 11.0. The first-order valence-corrected chi connectivity index (χ1v) is 5.85. The average Bonchev–Trinajstić information content (AvgIpc) is 2.67. The maximum absolute atomic E-state index is 11.6. The second kappa shape index (κ2) is 6.45. The molecule has 4 nitrogen and oxygen atoms in total. The molecule has 1 aromatic heterocycles. The van der Waals surface area contributed by atoms with Crippen LogP contribution < -0.4 is 0 Å². The van der Waals surface area contributed by atoms with E-state index in [1.165, 1.54) is 7.11 Å². The minimum atomic E-state index is -0.283. The fraction of sp³-hybridized carbons (Fsp3) is 0.615. The summed E-state index contributed by atoms with van der Waals surface area (Å²) in [7, 11) is 3.08. The number of hydrogen-bond donors (Lipinski definition) is 0. The molecule has 0 bridgehead atoms. The number of rotatable bonds is 6. The van der Waals surface area contributed by atoms with E-state index in [1.807, 2.05) is 16.7 Å². The third-order valence-corrected chi connectivity index (χ3v) is 2.58. The molecule has 0 spiro atoms. The van der Waals surface area contributed by atoms with Crippen molar-refractivity contribution < 1.29 is 14.3 Å². The van der Waals surface area contributed by atoms with E-state index < -0.39 is 0 Å². The first-order valence-electron chi connectivity index (χ1n) is 5.85. The molecule has 1 rings (SSSR count). The summed E-state index contributed by atoms with van der Waals surface area (Å²) in [6.45, 7) is 5.72. The molecule has 17 heavy (non-hydrogen) atoms. The number of aromatic nitrogens is 1. The quantitative estimate of drug-likeness (QED) is 0.714. The number of methoxy groups -OCH3 is 2. The first-order chi connectivity index (χ1) is 8.10. The van der Waals surface area contributed by atoms with Crippen LogP contribution in [0.1, 0.15) is 30.0 Å². The Kier molecular flexibility index (Phi) is 5.22. The van der Waals surface area contributed by atoms with Gasteiger partial charge in [-0.05, 0) is 18.1 Å². The molecule has 0 atom stereocenters. The molecular weight excluding hydrogens is 218 g/mol. The minimum absolute atomic E-state index is 0.283. The van der Waals surface area contributed by atoms with Crippen LogP contribution in [0.2, 0.25) is 0 Å². The number of hydrogen-bond acceptors (Lipinski definition) is 3. The molecule has 0 fully saturated rings. The molecule has 0 aliphatic rings. The van der Waals surface area contributed by atoms with Crippen LogP contribution in [0.3, 0.4) is 0 Å². The SMILES string of the molecule is COCCc1ccc(C(=O)OC)n1CC(C)C. The van der Waals surface area contributed by atoms with Crippen LogP contribution in [-0.4, -0.2) is 31.4 Å². The molecule has 0 amide bonds. The van der Waals surface area contributed by atoms with E-state index >= 15 is 0 Å². The zero-order chi connectivity index (χ0) is 12.8. The molecule has 0 aliphatic heterocycles. The maximum atomic E-state index is 11.6. The van der Waals surface area contributed by atoms with E-state index in [0.29, 0.717) is 18.2 Å². The molecule has 0 saturated heterocycles. The van der Waals surface area contributed by atoms with Gasteiger partial charge >= 0.3 is 5.97 Å². The van der Waals surface area contributed by atoms with Gasteiger partial charge in [0.25, 0.3) is 0 Å². The summed E-state index contributed by atoms with van der Waals surface area (Å²) in [4.78, 5) is 11.6. The van der Waals surface area contributed by atoms with Gasteiger partial charge in [0.15, 0.2) is 0 Å². The smallest absolute Gasteiger partial charge is 0.354 e. The molecule has 0 aromatic carbocycles. The Morgan fingerprint density at radius 2 is 2.06 bits per heavy atom. The van der Waals surface area contributed by atoms with Gasteiger partial charge < -0.3 is 14.0 Å². The summed E-state index contributed by atoms with van der Waals surface area (Å²) in [6, 6.07) is 3.78. The Bertz CT molecular complexity index is 369. The Morgan fingerprint density at radius 1 is 1.35 bits per heavy atom. The molecule has 0 N–H and O–H groups in total. The van der Waals surface area contributed by atoms with Crippen molar-refractivity contribution in [2.24, 2.45) is 5.92 Å². The van der Waals surface area contributed by atoms with Crippen molar-refractivity contribution in [2.75, 3.05) is 20.8 Å². The molecular formula is C13H21NO3. The minimum Gasteiger partial charge on any atom is -0.464 e. The molecule has 1 aromatic rings. The standard InChI is InChI=1S/C13H21NO3/c1-10(2)9-14-11(7-8-16-3)5-6-12(14)13(15)17-4/h5-6,10H,7-9H2,1-4H3. The first kappa shape index (κ1) is 13.8. The summed E-state index contributed by atoms with van der Waals surface area (Å²) in [5.74, 6) is 0.196. The topological polar surface area (TPSA) is 40.5 Å². The number of carbonyl (C=O) groups is 1. The van der Waals surface area contributed by atoms with Crippen LogP contribution in [0, 0.1) is 5.92 Å². The van der Waals surface area contributed by atoms with Crippen LogP contribution in [-0.2, 0) is 22.4 Å². The van der Waals surface area contributed by atoms with E-state index in [2.05, 4.69) is 13.8 Å². The van der Waals surface area contributed by atoms with Gasteiger partial charge in [-0.3, -0.25) is 0 Å². The highest BCUT2D eigenvalue weighted by Crippen LogP contribution is 2.14. The predicted molar refractivity (Wildman–Crippen MR) is 66.2 cm³/mol.